The number of anilines is 1. The Bertz CT molecular complexity index is 602. The Kier molecular flexibility index (Phi) is 4.93. The summed E-state index contributed by atoms with van der Waals surface area (Å²) in [5.41, 5.74) is 6.46. The Morgan fingerprint density at radius 1 is 1.53 bits per heavy atom. The Morgan fingerprint density at radius 3 is 3.05 bits per heavy atom. The molecule has 0 atom stereocenters. The van der Waals surface area contributed by atoms with Gasteiger partial charge in [-0.3, -0.25) is 4.79 Å². The number of carbonyl (C=O) groups excluding carboxylic acids is 1. The van der Waals surface area contributed by atoms with Crippen LogP contribution in [0.2, 0.25) is 5.02 Å². The number of amides is 1. The molecule has 3 N–H and O–H groups in total. The van der Waals surface area contributed by atoms with Gasteiger partial charge in [0.15, 0.2) is 0 Å². The number of carbonyl (C=O) groups is 1. The van der Waals surface area contributed by atoms with Crippen LogP contribution >= 0.6 is 38.9 Å². The lowest BCUT2D eigenvalue weighted by Gasteiger charge is -2.06. The Labute approximate surface area is 128 Å². The molecule has 19 heavy (non-hydrogen) atoms. The van der Waals surface area contributed by atoms with Crippen LogP contribution in [0.15, 0.2) is 28.1 Å². The number of nitrogens with one attached hydrogen (secondary N) is 1. The molecule has 0 radical (unpaired) electrons. The molecule has 0 aliphatic rings. The molecule has 0 saturated heterocycles. The number of benzene rings is 1. The van der Waals surface area contributed by atoms with Gasteiger partial charge in [0.2, 0.25) is 0 Å². The van der Waals surface area contributed by atoms with Crippen molar-refractivity contribution in [3.63, 3.8) is 0 Å². The Balaban J connectivity index is 2.13. The number of aromatic nitrogens is 1. The van der Waals surface area contributed by atoms with Gasteiger partial charge in [-0.05, 0) is 40.7 Å². The summed E-state index contributed by atoms with van der Waals surface area (Å²) in [6.07, 6.45) is 0.679. The van der Waals surface area contributed by atoms with Crippen molar-refractivity contribution in [2.75, 3.05) is 11.9 Å². The van der Waals surface area contributed by atoms with E-state index in [0.717, 1.165) is 9.48 Å². The first-order valence-corrected chi connectivity index (χ1v) is 7.56. The zero-order chi connectivity index (χ0) is 13.8. The van der Waals surface area contributed by atoms with E-state index in [0.29, 0.717) is 29.4 Å². The molecule has 1 heterocycles. The molecule has 2 rings (SSSR count). The Hall–Kier alpha value is -0.950. The van der Waals surface area contributed by atoms with E-state index >= 15 is 0 Å². The second kappa shape index (κ2) is 6.47. The van der Waals surface area contributed by atoms with Gasteiger partial charge in [0.05, 0.1) is 10.7 Å². The quantitative estimate of drug-likeness (QED) is 0.879. The molecule has 1 amide bonds. The second-order valence-corrected chi connectivity index (χ2v) is 5.98. The number of nitrogens with two attached hydrogens (primary N) is 1. The summed E-state index contributed by atoms with van der Waals surface area (Å²) < 4.78 is 0.766. The van der Waals surface area contributed by atoms with E-state index in [1.165, 1.54) is 11.3 Å². The SMILES string of the molecule is NCCc1nc(C(=O)Nc2cc(Cl)ccc2Br)cs1. The van der Waals surface area contributed by atoms with Gasteiger partial charge in [0.1, 0.15) is 5.69 Å². The van der Waals surface area contributed by atoms with Crippen molar-refractivity contribution in [2.24, 2.45) is 5.73 Å². The third-order valence-corrected chi connectivity index (χ3v) is 4.15. The molecule has 7 heteroatoms. The van der Waals surface area contributed by atoms with Crippen molar-refractivity contribution in [1.82, 2.24) is 4.98 Å². The molecule has 100 valence electrons. The van der Waals surface area contributed by atoms with E-state index in [9.17, 15) is 4.79 Å². The summed E-state index contributed by atoms with van der Waals surface area (Å²) in [4.78, 5) is 16.3. The predicted octanol–water partition coefficient (Wildman–Crippen LogP) is 3.31. The van der Waals surface area contributed by atoms with Crippen molar-refractivity contribution in [2.45, 2.75) is 6.42 Å². The molecule has 2 aromatic rings. The fraction of sp³-hybridized carbons (Fsp3) is 0.167. The first-order chi connectivity index (χ1) is 9.10. The molecule has 0 aliphatic carbocycles. The molecular weight excluding hydrogens is 350 g/mol. The lowest BCUT2D eigenvalue weighted by atomic mass is 10.3. The first kappa shape index (κ1) is 14.5. The van der Waals surface area contributed by atoms with Crippen LogP contribution in [0.1, 0.15) is 15.5 Å². The van der Waals surface area contributed by atoms with Gasteiger partial charge < -0.3 is 11.1 Å². The summed E-state index contributed by atoms with van der Waals surface area (Å²) >= 11 is 10.7. The van der Waals surface area contributed by atoms with E-state index in [-0.39, 0.29) is 5.91 Å². The summed E-state index contributed by atoms with van der Waals surface area (Å²) in [7, 11) is 0. The average molecular weight is 361 g/mol. The minimum absolute atomic E-state index is 0.262. The van der Waals surface area contributed by atoms with Crippen molar-refractivity contribution >= 4 is 50.5 Å². The number of nitrogens with zero attached hydrogens (tertiary/aromatic N) is 1. The molecule has 1 aromatic heterocycles. The zero-order valence-corrected chi connectivity index (χ0v) is 13.0. The van der Waals surface area contributed by atoms with Crippen LogP contribution in [0.5, 0.6) is 0 Å². The second-order valence-electron chi connectivity index (χ2n) is 3.74. The monoisotopic (exact) mass is 359 g/mol. The fourth-order valence-electron chi connectivity index (χ4n) is 1.43. The molecule has 4 nitrogen and oxygen atoms in total. The standard InChI is InChI=1S/C12H11BrClN3OS/c13-8-2-1-7(14)5-9(8)17-12(18)10-6-19-11(16-10)3-4-15/h1-2,5-6H,3-4,15H2,(H,17,18). The summed E-state index contributed by atoms with van der Waals surface area (Å²) in [6.45, 7) is 0.522. The third-order valence-electron chi connectivity index (χ3n) is 2.32. The summed E-state index contributed by atoms with van der Waals surface area (Å²) in [5, 5.41) is 5.90. The molecule has 0 unspecified atom stereocenters. The normalized spacial score (nSPS) is 10.5. The van der Waals surface area contributed by atoms with E-state index in [4.69, 9.17) is 17.3 Å². The van der Waals surface area contributed by atoms with Crippen LogP contribution in [-0.4, -0.2) is 17.4 Å². The number of rotatable bonds is 4. The highest BCUT2D eigenvalue weighted by atomic mass is 79.9. The topological polar surface area (TPSA) is 68.0 Å². The lowest BCUT2D eigenvalue weighted by Crippen LogP contribution is -2.13. The fourth-order valence-corrected chi connectivity index (χ4v) is 2.75. The number of thiazole rings is 1. The maximum atomic E-state index is 12.0. The molecule has 0 aliphatic heterocycles. The van der Waals surface area contributed by atoms with E-state index in [2.05, 4.69) is 26.2 Å². The van der Waals surface area contributed by atoms with Crippen molar-refractivity contribution in [1.29, 1.82) is 0 Å². The highest BCUT2D eigenvalue weighted by Crippen LogP contribution is 2.26. The van der Waals surface area contributed by atoms with Crippen LogP contribution in [0.4, 0.5) is 5.69 Å². The largest absolute Gasteiger partial charge is 0.330 e. The van der Waals surface area contributed by atoms with E-state index in [1.807, 2.05) is 0 Å². The van der Waals surface area contributed by atoms with E-state index in [1.54, 1.807) is 23.6 Å². The number of halogens is 2. The van der Waals surface area contributed by atoms with Gasteiger partial charge >= 0.3 is 0 Å². The van der Waals surface area contributed by atoms with Gasteiger partial charge in [-0.1, -0.05) is 11.6 Å². The van der Waals surface area contributed by atoms with Gasteiger partial charge in [0.25, 0.3) is 5.91 Å². The molecule has 0 bridgehead atoms. The van der Waals surface area contributed by atoms with Crippen LogP contribution in [0.25, 0.3) is 0 Å². The minimum Gasteiger partial charge on any atom is -0.330 e. The number of hydrogen-bond acceptors (Lipinski definition) is 4. The highest BCUT2D eigenvalue weighted by molar-refractivity contribution is 9.10. The molecular formula is C12H11BrClN3OS. The van der Waals surface area contributed by atoms with Gasteiger partial charge in [-0.2, -0.15) is 0 Å². The molecule has 0 saturated carbocycles. The maximum absolute atomic E-state index is 12.0. The van der Waals surface area contributed by atoms with Gasteiger partial charge in [-0.15, -0.1) is 11.3 Å². The molecule has 0 spiro atoms. The predicted molar refractivity (Wildman–Crippen MR) is 82.0 cm³/mol. The average Bonchev–Trinajstić information content (AvgIpc) is 2.83. The molecule has 1 aromatic carbocycles. The first-order valence-electron chi connectivity index (χ1n) is 5.51. The smallest absolute Gasteiger partial charge is 0.275 e. The van der Waals surface area contributed by atoms with Crippen molar-refractivity contribution in [3.05, 3.63) is 43.8 Å². The third kappa shape index (κ3) is 3.76. The van der Waals surface area contributed by atoms with Crippen molar-refractivity contribution in [3.8, 4) is 0 Å². The lowest BCUT2D eigenvalue weighted by molar-refractivity contribution is 0.102. The minimum atomic E-state index is -0.262. The van der Waals surface area contributed by atoms with Gasteiger partial charge in [0, 0.05) is 21.3 Å². The van der Waals surface area contributed by atoms with Crippen LogP contribution < -0.4 is 11.1 Å². The van der Waals surface area contributed by atoms with Crippen LogP contribution in [0.3, 0.4) is 0 Å². The van der Waals surface area contributed by atoms with Crippen LogP contribution in [-0.2, 0) is 6.42 Å². The zero-order valence-electron chi connectivity index (χ0n) is 9.82. The van der Waals surface area contributed by atoms with Gasteiger partial charge in [-0.25, -0.2) is 4.98 Å². The van der Waals surface area contributed by atoms with E-state index < -0.39 is 0 Å². The highest BCUT2D eigenvalue weighted by Gasteiger charge is 2.12. The maximum Gasteiger partial charge on any atom is 0.275 e. The van der Waals surface area contributed by atoms with Crippen molar-refractivity contribution < 1.29 is 4.79 Å². The number of hydrogen-bond donors (Lipinski definition) is 2. The summed E-state index contributed by atoms with van der Waals surface area (Å²) in [6, 6.07) is 5.19. The Morgan fingerprint density at radius 2 is 2.32 bits per heavy atom. The summed E-state index contributed by atoms with van der Waals surface area (Å²) in [5.74, 6) is -0.262. The van der Waals surface area contributed by atoms with Crippen LogP contribution in [0, 0.1) is 0 Å². The molecule has 0 fully saturated rings.